The molecule has 0 saturated carbocycles. The number of nitrogens with zero attached hydrogens (tertiary/aromatic N) is 3. The number of ether oxygens (including phenoxy) is 1. The lowest BCUT2D eigenvalue weighted by molar-refractivity contribution is -0.137. The molecular weight excluding hydrogens is 501 g/mol. The maximum Gasteiger partial charge on any atom is 0.416 e. The van der Waals surface area contributed by atoms with Gasteiger partial charge in [-0.05, 0) is 48.4 Å². The molecule has 4 aromatic rings. The molecule has 2 heterocycles. The molecule has 0 fully saturated rings. The third-order valence-electron chi connectivity index (χ3n) is 5.47. The second kappa shape index (κ2) is 11.0. The first-order valence-electron chi connectivity index (χ1n) is 11.3. The summed E-state index contributed by atoms with van der Waals surface area (Å²) in [5, 5.41) is 7.65. The fourth-order valence-electron chi connectivity index (χ4n) is 3.58. The number of imidazole rings is 1. The molecule has 196 valence electrons. The minimum atomic E-state index is -4.57. The zero-order valence-electron chi connectivity index (χ0n) is 20.3. The van der Waals surface area contributed by atoms with Crippen LogP contribution in [-0.4, -0.2) is 33.5 Å². The van der Waals surface area contributed by atoms with E-state index in [0.29, 0.717) is 17.2 Å². The lowest BCUT2D eigenvalue weighted by Gasteiger charge is -2.16. The molecule has 12 heteroatoms. The minimum Gasteiger partial charge on any atom is -0.457 e. The summed E-state index contributed by atoms with van der Waals surface area (Å²) in [5.41, 5.74) is 1.14. The van der Waals surface area contributed by atoms with Gasteiger partial charge < -0.3 is 25.3 Å². The van der Waals surface area contributed by atoms with E-state index < -0.39 is 17.8 Å². The maximum absolute atomic E-state index is 13.2. The van der Waals surface area contributed by atoms with Gasteiger partial charge in [-0.1, -0.05) is 12.1 Å². The molecule has 38 heavy (non-hydrogen) atoms. The first-order chi connectivity index (χ1) is 18.1. The monoisotopic (exact) mass is 524 g/mol. The van der Waals surface area contributed by atoms with Crippen LogP contribution in [-0.2, 0) is 12.7 Å². The third-order valence-corrected chi connectivity index (χ3v) is 5.47. The summed E-state index contributed by atoms with van der Waals surface area (Å²) in [6, 6.07) is 10.8. The molecule has 0 saturated heterocycles. The number of anilines is 1. The van der Waals surface area contributed by atoms with Crippen LogP contribution in [0.1, 0.15) is 27.2 Å². The van der Waals surface area contributed by atoms with Crippen molar-refractivity contribution < 1.29 is 27.5 Å². The van der Waals surface area contributed by atoms with Crippen LogP contribution in [0, 0.1) is 6.92 Å². The molecule has 0 aliphatic heterocycles. The SMILES string of the molecule is CNC(=O)c1cc(Oc2ccc(CNC(=O)Nc3cc(C(F)(F)F)ccc3-n3ccnc3)cc2C)ccn1. The molecule has 2 aromatic carbocycles. The zero-order chi connectivity index (χ0) is 27.3. The number of amides is 3. The number of halogens is 3. The molecule has 0 bridgehead atoms. The van der Waals surface area contributed by atoms with Gasteiger partial charge in [-0.15, -0.1) is 0 Å². The van der Waals surface area contributed by atoms with Crippen LogP contribution in [0.4, 0.5) is 23.7 Å². The molecule has 3 amide bonds. The van der Waals surface area contributed by atoms with Crippen molar-refractivity contribution in [3.05, 3.63) is 95.8 Å². The third kappa shape index (κ3) is 6.27. The molecular formula is C26H23F3N6O3. The predicted molar refractivity (Wildman–Crippen MR) is 133 cm³/mol. The normalized spacial score (nSPS) is 11.1. The van der Waals surface area contributed by atoms with Gasteiger partial charge in [-0.3, -0.25) is 9.78 Å². The van der Waals surface area contributed by atoms with Gasteiger partial charge in [0.2, 0.25) is 0 Å². The van der Waals surface area contributed by atoms with E-state index in [1.165, 1.54) is 42.5 Å². The number of alkyl halides is 3. The molecule has 3 N–H and O–H groups in total. The van der Waals surface area contributed by atoms with Crippen LogP contribution < -0.4 is 20.7 Å². The summed E-state index contributed by atoms with van der Waals surface area (Å²) in [5.74, 6) is 0.636. The van der Waals surface area contributed by atoms with Crippen LogP contribution in [0.25, 0.3) is 5.69 Å². The molecule has 0 atom stereocenters. The standard InChI is InChI=1S/C26H23F3N6O3/c1-16-11-17(3-6-23(16)38-19-7-8-32-21(13-19)24(36)30-2)14-33-25(37)34-20-12-18(26(27,28)29)4-5-22(20)35-10-9-31-15-35/h3-13,15H,14H2,1-2H3,(H,30,36)(H2,33,34,37). The average molecular weight is 525 g/mol. The number of pyridine rings is 1. The highest BCUT2D eigenvalue weighted by Gasteiger charge is 2.31. The summed E-state index contributed by atoms with van der Waals surface area (Å²) in [7, 11) is 1.51. The number of urea groups is 1. The molecule has 9 nitrogen and oxygen atoms in total. The summed E-state index contributed by atoms with van der Waals surface area (Å²) in [4.78, 5) is 32.3. The van der Waals surface area contributed by atoms with Crippen LogP contribution in [0.2, 0.25) is 0 Å². The van der Waals surface area contributed by atoms with Crippen LogP contribution in [0.15, 0.2) is 73.4 Å². The summed E-state index contributed by atoms with van der Waals surface area (Å²) in [6.07, 6.45) is 1.36. The minimum absolute atomic E-state index is 0.0243. The van der Waals surface area contributed by atoms with Crippen molar-refractivity contribution in [1.29, 1.82) is 0 Å². The fourth-order valence-corrected chi connectivity index (χ4v) is 3.58. The van der Waals surface area contributed by atoms with Gasteiger partial charge in [0.25, 0.3) is 5.91 Å². The lowest BCUT2D eigenvalue weighted by atomic mass is 10.1. The molecule has 4 rings (SSSR count). The van der Waals surface area contributed by atoms with Crippen LogP contribution in [0.5, 0.6) is 11.5 Å². The first-order valence-corrected chi connectivity index (χ1v) is 11.3. The van der Waals surface area contributed by atoms with E-state index in [2.05, 4.69) is 25.9 Å². The number of aromatic nitrogens is 3. The van der Waals surface area contributed by atoms with Crippen molar-refractivity contribution in [2.24, 2.45) is 0 Å². The molecule has 0 aliphatic rings. The fraction of sp³-hybridized carbons (Fsp3) is 0.154. The van der Waals surface area contributed by atoms with Crippen LogP contribution >= 0.6 is 0 Å². The molecule has 0 aliphatic carbocycles. The van der Waals surface area contributed by atoms with Gasteiger partial charge in [0.15, 0.2) is 0 Å². The molecule has 0 radical (unpaired) electrons. The highest BCUT2D eigenvalue weighted by atomic mass is 19.4. The van der Waals surface area contributed by atoms with Crippen LogP contribution in [0.3, 0.4) is 0 Å². The van der Waals surface area contributed by atoms with Crippen molar-refractivity contribution in [3.63, 3.8) is 0 Å². The number of rotatable bonds is 7. The Hall–Kier alpha value is -4.87. The zero-order valence-corrected chi connectivity index (χ0v) is 20.3. The van der Waals surface area contributed by atoms with Crippen molar-refractivity contribution in [2.45, 2.75) is 19.6 Å². The number of carbonyl (C=O) groups is 2. The quantitative estimate of drug-likeness (QED) is 0.313. The van der Waals surface area contributed by atoms with Gasteiger partial charge >= 0.3 is 12.2 Å². The summed E-state index contributed by atoms with van der Waals surface area (Å²) in [6.45, 7) is 1.93. The van der Waals surface area contributed by atoms with E-state index in [4.69, 9.17) is 4.74 Å². The van der Waals surface area contributed by atoms with Crippen molar-refractivity contribution in [2.75, 3.05) is 12.4 Å². The summed E-state index contributed by atoms with van der Waals surface area (Å²) >= 11 is 0. The Balaban J connectivity index is 1.43. The van der Waals surface area contributed by atoms with E-state index in [1.807, 2.05) is 6.92 Å². The van der Waals surface area contributed by atoms with Crippen molar-refractivity contribution in [1.82, 2.24) is 25.2 Å². The molecule has 0 spiro atoms. The smallest absolute Gasteiger partial charge is 0.416 e. The largest absolute Gasteiger partial charge is 0.457 e. The van der Waals surface area contributed by atoms with E-state index in [-0.39, 0.29) is 23.8 Å². The number of hydrogen-bond acceptors (Lipinski definition) is 5. The Labute approximate surface area is 215 Å². The number of aryl methyl sites for hydroxylation is 1. The first kappa shape index (κ1) is 26.2. The molecule has 0 unspecified atom stereocenters. The van der Waals surface area contributed by atoms with E-state index in [1.54, 1.807) is 30.5 Å². The number of nitrogens with one attached hydrogen (secondary N) is 3. The second-order valence-electron chi connectivity index (χ2n) is 8.17. The van der Waals surface area contributed by atoms with E-state index >= 15 is 0 Å². The average Bonchev–Trinajstić information content (AvgIpc) is 3.43. The number of benzene rings is 2. The van der Waals surface area contributed by atoms with Gasteiger partial charge in [0.1, 0.15) is 17.2 Å². The topological polar surface area (TPSA) is 110 Å². The highest BCUT2D eigenvalue weighted by molar-refractivity contribution is 5.92. The van der Waals surface area contributed by atoms with Gasteiger partial charge in [-0.2, -0.15) is 13.2 Å². The Morgan fingerprint density at radius 3 is 2.55 bits per heavy atom. The Morgan fingerprint density at radius 1 is 1.05 bits per heavy atom. The van der Waals surface area contributed by atoms with Gasteiger partial charge in [0, 0.05) is 38.2 Å². The van der Waals surface area contributed by atoms with E-state index in [9.17, 15) is 22.8 Å². The Morgan fingerprint density at radius 2 is 1.87 bits per heavy atom. The van der Waals surface area contributed by atoms with E-state index in [0.717, 1.165) is 23.3 Å². The summed E-state index contributed by atoms with van der Waals surface area (Å²) < 4.78 is 47.1. The predicted octanol–water partition coefficient (Wildman–Crippen LogP) is 5.07. The van der Waals surface area contributed by atoms with Gasteiger partial charge in [-0.25, -0.2) is 9.78 Å². The lowest BCUT2D eigenvalue weighted by Crippen LogP contribution is -2.28. The number of hydrogen-bond donors (Lipinski definition) is 3. The van der Waals surface area contributed by atoms with Crippen molar-refractivity contribution in [3.8, 4) is 17.2 Å². The van der Waals surface area contributed by atoms with Gasteiger partial charge in [0.05, 0.1) is 23.3 Å². The molecule has 2 aromatic heterocycles. The van der Waals surface area contributed by atoms with Crippen molar-refractivity contribution >= 4 is 17.6 Å². The Bertz CT molecular complexity index is 1460. The Kier molecular flexibility index (Phi) is 7.61. The number of carbonyl (C=O) groups excluding carboxylic acids is 2. The second-order valence-corrected chi connectivity index (χ2v) is 8.17. The maximum atomic E-state index is 13.2. The highest BCUT2D eigenvalue weighted by Crippen LogP contribution is 2.33.